The van der Waals surface area contributed by atoms with Crippen LogP contribution in [0.4, 0.5) is 16.3 Å². The van der Waals surface area contributed by atoms with Gasteiger partial charge in [-0.2, -0.15) is 0 Å². The van der Waals surface area contributed by atoms with Gasteiger partial charge in [-0.3, -0.25) is 9.80 Å². The molecule has 0 atom stereocenters. The van der Waals surface area contributed by atoms with Crippen molar-refractivity contribution in [1.29, 1.82) is 0 Å². The van der Waals surface area contributed by atoms with Crippen molar-refractivity contribution in [3.05, 3.63) is 58.7 Å². The Morgan fingerprint density at radius 2 is 1.87 bits per heavy atom. The van der Waals surface area contributed by atoms with Gasteiger partial charge in [0.1, 0.15) is 0 Å². The molecule has 0 radical (unpaired) electrons. The van der Waals surface area contributed by atoms with E-state index < -0.39 is 6.03 Å². The Morgan fingerprint density at radius 3 is 2.61 bits per heavy atom. The number of nitrogens with two attached hydrogens (primary N) is 1. The van der Waals surface area contributed by atoms with Crippen molar-refractivity contribution in [2.45, 2.75) is 12.8 Å². The van der Waals surface area contributed by atoms with Crippen LogP contribution in [-0.2, 0) is 0 Å². The van der Waals surface area contributed by atoms with Gasteiger partial charge in [0, 0.05) is 45.0 Å². The van der Waals surface area contributed by atoms with Gasteiger partial charge in [0.15, 0.2) is 5.82 Å². The number of piperazine rings is 1. The number of fused-ring (bicyclic) bond motifs is 1. The number of pyridine rings is 1. The first-order chi connectivity index (χ1) is 15.0. The van der Waals surface area contributed by atoms with Gasteiger partial charge >= 0.3 is 6.03 Å². The third-order valence-corrected chi connectivity index (χ3v) is 6.46. The summed E-state index contributed by atoms with van der Waals surface area (Å²) in [5.41, 5.74) is 7.54. The third kappa shape index (κ3) is 5.06. The van der Waals surface area contributed by atoms with Crippen LogP contribution in [0.2, 0.25) is 10.0 Å². The second-order valence-electron chi connectivity index (χ2n) is 7.67. The molecule has 3 heterocycles. The molecule has 1 saturated heterocycles. The summed E-state index contributed by atoms with van der Waals surface area (Å²) >= 11 is 12.5. The molecule has 9 heteroatoms. The fourth-order valence-corrected chi connectivity index (χ4v) is 4.36. The summed E-state index contributed by atoms with van der Waals surface area (Å²) in [6, 6.07) is 13.0. The number of carbonyl (C=O) groups excluding carboxylic acids is 1. The molecule has 1 aromatic carbocycles. The van der Waals surface area contributed by atoms with Crippen LogP contribution in [0.15, 0.2) is 48.7 Å². The Bertz CT molecular complexity index is 1010. The number of hydrogen-bond acceptors (Lipinski definition) is 4. The van der Waals surface area contributed by atoms with Gasteiger partial charge < -0.3 is 10.6 Å². The summed E-state index contributed by atoms with van der Waals surface area (Å²) in [7, 11) is 0. The molecule has 0 saturated carbocycles. The average molecular weight is 461 g/mol. The Kier molecular flexibility index (Phi) is 6.85. The Morgan fingerprint density at radius 1 is 1.06 bits per heavy atom. The minimum Gasteiger partial charge on any atom is -0.368 e. The predicted molar refractivity (Wildman–Crippen MR) is 126 cm³/mol. The van der Waals surface area contributed by atoms with Gasteiger partial charge in [0.05, 0.1) is 21.2 Å². The van der Waals surface area contributed by atoms with Crippen molar-refractivity contribution in [3.63, 3.8) is 0 Å². The number of hydrogen-bond donors (Lipinski definition) is 1. The summed E-state index contributed by atoms with van der Waals surface area (Å²) in [6.07, 6.45) is 3.69. The summed E-state index contributed by atoms with van der Waals surface area (Å²) in [4.78, 5) is 18.2. The summed E-state index contributed by atoms with van der Waals surface area (Å²) < 4.78 is 1.75. The Hall–Kier alpha value is -2.48. The molecule has 1 aliphatic rings. The number of carbonyl (C=O) groups is 1. The smallest absolute Gasteiger partial charge is 0.320 e. The molecular formula is C22H26Cl2N6O. The molecule has 3 aromatic rings. The maximum absolute atomic E-state index is 12.0. The molecule has 2 amide bonds. The number of primary amides is 1. The lowest BCUT2D eigenvalue weighted by Gasteiger charge is -2.36. The van der Waals surface area contributed by atoms with Crippen molar-refractivity contribution < 1.29 is 4.79 Å². The molecular weight excluding hydrogens is 435 g/mol. The Labute approximate surface area is 191 Å². The summed E-state index contributed by atoms with van der Waals surface area (Å²) in [5, 5.41) is 5.67. The molecule has 0 spiro atoms. The van der Waals surface area contributed by atoms with Crippen LogP contribution in [0.5, 0.6) is 0 Å². The standard InChI is InChI=1S/C22H26Cl2N6O/c23-18-7-5-8-19(21(18)24)28-14-12-27(13-15-28)9-3-4-10-29(22(25)31)20-16-17-6-1-2-11-30(17)26-20/h1-2,5-8,11,16H,3-4,9-10,12-15H2,(H2,25,31). The van der Waals surface area contributed by atoms with E-state index >= 15 is 0 Å². The lowest BCUT2D eigenvalue weighted by atomic mass is 10.2. The number of unbranched alkanes of at least 4 members (excludes halogenated alkanes) is 1. The second kappa shape index (κ2) is 9.77. The summed E-state index contributed by atoms with van der Waals surface area (Å²) in [5.74, 6) is 0.589. The quantitative estimate of drug-likeness (QED) is 0.538. The van der Waals surface area contributed by atoms with E-state index in [1.54, 1.807) is 9.42 Å². The lowest BCUT2D eigenvalue weighted by molar-refractivity contribution is 0.249. The normalized spacial score (nSPS) is 14.8. The second-order valence-corrected chi connectivity index (χ2v) is 8.46. The third-order valence-electron chi connectivity index (χ3n) is 5.65. The first kappa shape index (κ1) is 21.7. The molecule has 2 N–H and O–H groups in total. The fourth-order valence-electron chi connectivity index (χ4n) is 3.95. The van der Waals surface area contributed by atoms with Crippen LogP contribution < -0.4 is 15.5 Å². The number of nitrogens with zero attached hydrogens (tertiary/aromatic N) is 5. The minimum atomic E-state index is -0.476. The van der Waals surface area contributed by atoms with Crippen molar-refractivity contribution >= 4 is 46.3 Å². The monoisotopic (exact) mass is 460 g/mol. The predicted octanol–water partition coefficient (Wildman–Crippen LogP) is 4.13. The van der Waals surface area contributed by atoms with Crippen LogP contribution in [0.1, 0.15) is 12.8 Å². The number of benzene rings is 1. The van der Waals surface area contributed by atoms with E-state index in [2.05, 4.69) is 14.9 Å². The van der Waals surface area contributed by atoms with Crippen LogP contribution in [0, 0.1) is 0 Å². The molecule has 7 nitrogen and oxygen atoms in total. The van der Waals surface area contributed by atoms with E-state index in [0.717, 1.165) is 56.8 Å². The number of amides is 2. The highest BCUT2D eigenvalue weighted by atomic mass is 35.5. The number of halogens is 2. The highest BCUT2D eigenvalue weighted by Crippen LogP contribution is 2.32. The van der Waals surface area contributed by atoms with E-state index in [1.807, 2.05) is 48.7 Å². The highest BCUT2D eigenvalue weighted by Gasteiger charge is 2.20. The van der Waals surface area contributed by atoms with Crippen molar-refractivity contribution in [2.24, 2.45) is 5.73 Å². The van der Waals surface area contributed by atoms with Crippen molar-refractivity contribution in [2.75, 3.05) is 49.1 Å². The number of aromatic nitrogens is 2. The minimum absolute atomic E-state index is 0.476. The van der Waals surface area contributed by atoms with Gasteiger partial charge in [-0.05, 0) is 43.7 Å². The van der Waals surface area contributed by atoms with E-state index in [1.165, 1.54) is 0 Å². The van der Waals surface area contributed by atoms with Gasteiger partial charge in [0.25, 0.3) is 0 Å². The van der Waals surface area contributed by atoms with Gasteiger partial charge in [-0.25, -0.2) is 9.31 Å². The van der Waals surface area contributed by atoms with Crippen LogP contribution in [0.25, 0.3) is 5.52 Å². The zero-order chi connectivity index (χ0) is 21.8. The van der Waals surface area contributed by atoms with E-state index in [4.69, 9.17) is 28.9 Å². The topological polar surface area (TPSA) is 70.1 Å². The van der Waals surface area contributed by atoms with Crippen molar-refractivity contribution in [1.82, 2.24) is 14.5 Å². The molecule has 0 bridgehead atoms. The fraction of sp³-hybridized carbons (Fsp3) is 0.364. The van der Waals surface area contributed by atoms with Crippen LogP contribution in [-0.4, -0.2) is 59.8 Å². The number of anilines is 2. The number of urea groups is 1. The van der Waals surface area contributed by atoms with Crippen LogP contribution in [0.3, 0.4) is 0 Å². The van der Waals surface area contributed by atoms with Crippen LogP contribution >= 0.6 is 23.2 Å². The zero-order valence-corrected chi connectivity index (χ0v) is 18.8. The van der Waals surface area contributed by atoms with Gasteiger partial charge in [0.2, 0.25) is 0 Å². The molecule has 4 rings (SSSR count). The summed E-state index contributed by atoms with van der Waals surface area (Å²) in [6.45, 7) is 5.29. The maximum Gasteiger partial charge on any atom is 0.320 e. The first-order valence-electron chi connectivity index (χ1n) is 10.5. The first-order valence-corrected chi connectivity index (χ1v) is 11.2. The van der Waals surface area contributed by atoms with E-state index in [9.17, 15) is 4.79 Å². The van der Waals surface area contributed by atoms with Crippen molar-refractivity contribution in [3.8, 4) is 0 Å². The molecule has 0 unspecified atom stereocenters. The molecule has 1 aliphatic heterocycles. The molecule has 0 aliphatic carbocycles. The molecule has 2 aromatic heterocycles. The number of rotatable bonds is 7. The lowest BCUT2D eigenvalue weighted by Crippen LogP contribution is -2.46. The van der Waals surface area contributed by atoms with E-state index in [0.29, 0.717) is 22.4 Å². The molecule has 31 heavy (non-hydrogen) atoms. The molecule has 1 fully saturated rings. The highest BCUT2D eigenvalue weighted by molar-refractivity contribution is 6.43. The Balaban J connectivity index is 1.25. The van der Waals surface area contributed by atoms with Gasteiger partial charge in [-0.15, -0.1) is 5.10 Å². The zero-order valence-electron chi connectivity index (χ0n) is 17.3. The largest absolute Gasteiger partial charge is 0.368 e. The maximum atomic E-state index is 12.0. The van der Waals surface area contributed by atoms with E-state index in [-0.39, 0.29) is 0 Å². The molecule has 164 valence electrons. The van der Waals surface area contributed by atoms with Gasteiger partial charge in [-0.1, -0.05) is 35.3 Å². The SMILES string of the molecule is NC(=O)N(CCCCN1CCN(c2cccc(Cl)c2Cl)CC1)c1cc2ccccn2n1. The average Bonchev–Trinajstić information content (AvgIpc) is 3.19.